The van der Waals surface area contributed by atoms with E-state index < -0.39 is 0 Å². The molecule has 1 amide bonds. The monoisotopic (exact) mass is 509 g/mol. The van der Waals surface area contributed by atoms with Crippen LogP contribution in [-0.2, 0) is 12.0 Å². The Morgan fingerprint density at radius 3 is 2.32 bits per heavy atom. The lowest BCUT2D eigenvalue weighted by atomic mass is 9.68. The fraction of sp³-hybridized carbons (Fsp3) is 0.323. The van der Waals surface area contributed by atoms with E-state index in [-0.39, 0.29) is 17.4 Å². The van der Waals surface area contributed by atoms with Crippen molar-refractivity contribution in [3.63, 3.8) is 0 Å². The van der Waals surface area contributed by atoms with Gasteiger partial charge in [-0.2, -0.15) is 5.26 Å². The highest BCUT2D eigenvalue weighted by molar-refractivity contribution is 5.97. The van der Waals surface area contributed by atoms with Crippen LogP contribution in [0.25, 0.3) is 0 Å². The summed E-state index contributed by atoms with van der Waals surface area (Å²) in [5.74, 6) is 1.01. The normalized spacial score (nSPS) is 19.2. The molecule has 2 N–H and O–H groups in total. The van der Waals surface area contributed by atoms with Gasteiger partial charge >= 0.3 is 0 Å². The van der Waals surface area contributed by atoms with Crippen molar-refractivity contribution in [2.24, 2.45) is 4.99 Å². The summed E-state index contributed by atoms with van der Waals surface area (Å²) in [5.41, 5.74) is 2.73. The highest BCUT2D eigenvalue weighted by Crippen LogP contribution is 2.39. The molecule has 3 aromatic carbocycles. The zero-order valence-corrected chi connectivity index (χ0v) is 22.1. The molecule has 0 aliphatic heterocycles. The first-order valence-corrected chi connectivity index (χ1v) is 13.0. The van der Waals surface area contributed by atoms with Crippen molar-refractivity contribution < 1.29 is 9.53 Å². The van der Waals surface area contributed by atoms with Crippen molar-refractivity contribution in [3.8, 4) is 11.9 Å². The van der Waals surface area contributed by atoms with Gasteiger partial charge in [0.25, 0.3) is 5.91 Å². The van der Waals surface area contributed by atoms with E-state index in [4.69, 9.17) is 4.74 Å². The summed E-state index contributed by atoms with van der Waals surface area (Å²) in [6.45, 7) is 1.19. The van der Waals surface area contributed by atoms with Crippen molar-refractivity contribution in [2.75, 3.05) is 20.7 Å². The van der Waals surface area contributed by atoms with Gasteiger partial charge in [-0.1, -0.05) is 72.8 Å². The van der Waals surface area contributed by atoms with Crippen LogP contribution in [0.4, 0.5) is 0 Å². The summed E-state index contributed by atoms with van der Waals surface area (Å²) in [6.07, 6.45) is 5.52. The third-order valence-corrected chi connectivity index (χ3v) is 7.38. The molecule has 196 valence electrons. The first kappa shape index (κ1) is 26.7. The number of rotatable bonds is 8. The first-order chi connectivity index (χ1) is 18.5. The van der Waals surface area contributed by atoms with E-state index in [1.165, 1.54) is 5.56 Å². The number of nitrogens with zero attached hydrogens (tertiary/aromatic N) is 3. The van der Waals surface area contributed by atoms with Crippen LogP contribution in [0, 0.1) is 11.5 Å². The lowest BCUT2D eigenvalue weighted by Crippen LogP contribution is -2.50. The van der Waals surface area contributed by atoms with E-state index in [1.54, 1.807) is 19.2 Å². The van der Waals surface area contributed by atoms with Crippen LogP contribution in [0.15, 0.2) is 89.9 Å². The summed E-state index contributed by atoms with van der Waals surface area (Å²) in [5, 5.41) is 16.0. The maximum atomic E-state index is 13.1. The number of carbonyl (C=O) groups excluding carboxylic acids is 1. The number of nitrogens with one attached hydrogen (secondary N) is 2. The molecule has 1 aliphatic carbocycles. The Balaban J connectivity index is 1.44. The lowest BCUT2D eigenvalue weighted by Gasteiger charge is -2.41. The quantitative estimate of drug-likeness (QED) is 0.257. The van der Waals surface area contributed by atoms with Crippen LogP contribution in [0.1, 0.15) is 47.2 Å². The SMILES string of the molecule is COc1ccccc1C(=O)NC[C@]1(c2ccccc2)CC[C@@H](N/C(=N\C#N)N(C)Cc2ccccc2)CC1. The number of aliphatic imine (C=N–C) groups is 1. The number of nitriles is 1. The van der Waals surface area contributed by atoms with Crippen LogP contribution in [0.3, 0.4) is 0 Å². The maximum absolute atomic E-state index is 13.1. The molecule has 0 unspecified atom stereocenters. The van der Waals surface area contributed by atoms with E-state index in [1.807, 2.05) is 54.5 Å². The Hall–Kier alpha value is -4.31. The lowest BCUT2D eigenvalue weighted by molar-refractivity contribution is 0.0932. The van der Waals surface area contributed by atoms with Gasteiger partial charge in [-0.25, -0.2) is 0 Å². The average molecular weight is 510 g/mol. The topological polar surface area (TPSA) is 89.7 Å². The van der Waals surface area contributed by atoms with Gasteiger partial charge in [-0.3, -0.25) is 4.79 Å². The number of amides is 1. The van der Waals surface area contributed by atoms with Crippen LogP contribution >= 0.6 is 0 Å². The van der Waals surface area contributed by atoms with Crippen LogP contribution in [-0.4, -0.2) is 43.5 Å². The first-order valence-electron chi connectivity index (χ1n) is 13.0. The van der Waals surface area contributed by atoms with Gasteiger partial charge in [0, 0.05) is 31.6 Å². The van der Waals surface area contributed by atoms with Crippen molar-refractivity contribution >= 4 is 11.9 Å². The van der Waals surface area contributed by atoms with E-state index in [2.05, 4.69) is 52.0 Å². The molecule has 1 aliphatic rings. The molecule has 0 spiro atoms. The summed E-state index contributed by atoms with van der Waals surface area (Å²) >= 11 is 0. The predicted molar refractivity (Wildman–Crippen MR) is 150 cm³/mol. The van der Waals surface area contributed by atoms with Gasteiger partial charge in [-0.15, -0.1) is 4.99 Å². The molecular weight excluding hydrogens is 474 g/mol. The highest BCUT2D eigenvalue weighted by Gasteiger charge is 2.37. The molecule has 7 heteroatoms. The van der Waals surface area contributed by atoms with Crippen LogP contribution in [0.5, 0.6) is 5.75 Å². The standard InChI is InChI=1S/C31H35N5O2/c1-36(21-24-11-5-3-6-12-24)30(34-23-32)35-26-17-19-31(20-18-26,25-13-7-4-8-14-25)22-33-29(37)27-15-9-10-16-28(27)38-2/h3-16,26H,17-22H2,1-2H3,(H,33,37)(H,34,35)/t26-,31+. The Morgan fingerprint density at radius 1 is 1.03 bits per heavy atom. The number of hydrogen-bond donors (Lipinski definition) is 2. The molecule has 0 aromatic heterocycles. The molecule has 3 aromatic rings. The van der Waals surface area contributed by atoms with E-state index >= 15 is 0 Å². The minimum absolute atomic E-state index is 0.135. The molecule has 4 rings (SSSR count). The Labute approximate surface area is 225 Å². The third-order valence-electron chi connectivity index (χ3n) is 7.38. The van der Waals surface area contributed by atoms with Gasteiger partial charge in [-0.05, 0) is 48.9 Å². The summed E-state index contributed by atoms with van der Waals surface area (Å²) in [7, 11) is 3.52. The number of para-hydroxylation sites is 1. The smallest absolute Gasteiger partial charge is 0.255 e. The van der Waals surface area contributed by atoms with Gasteiger partial charge in [0.15, 0.2) is 0 Å². The summed E-state index contributed by atoms with van der Waals surface area (Å²) in [4.78, 5) is 19.2. The summed E-state index contributed by atoms with van der Waals surface area (Å²) in [6, 6.07) is 28.0. The van der Waals surface area contributed by atoms with Gasteiger partial charge < -0.3 is 20.3 Å². The molecule has 1 fully saturated rings. The second-order valence-electron chi connectivity index (χ2n) is 9.82. The Kier molecular flexibility index (Phi) is 8.99. The van der Waals surface area contributed by atoms with E-state index in [0.29, 0.717) is 30.4 Å². The maximum Gasteiger partial charge on any atom is 0.255 e. The summed E-state index contributed by atoms with van der Waals surface area (Å²) < 4.78 is 5.39. The van der Waals surface area contributed by atoms with Crippen molar-refractivity contribution in [3.05, 3.63) is 102 Å². The zero-order chi connectivity index (χ0) is 26.8. The fourth-order valence-corrected chi connectivity index (χ4v) is 5.24. The second-order valence-corrected chi connectivity index (χ2v) is 9.82. The molecule has 0 atom stereocenters. The number of ether oxygens (including phenoxy) is 1. The van der Waals surface area contributed by atoms with E-state index in [0.717, 1.165) is 31.2 Å². The molecule has 0 bridgehead atoms. The number of hydrogen-bond acceptors (Lipinski definition) is 4. The molecule has 0 heterocycles. The third kappa shape index (κ3) is 6.51. The minimum Gasteiger partial charge on any atom is -0.496 e. The number of benzene rings is 3. The highest BCUT2D eigenvalue weighted by atomic mass is 16.5. The van der Waals surface area contributed by atoms with Crippen molar-refractivity contribution in [2.45, 2.75) is 43.7 Å². The van der Waals surface area contributed by atoms with E-state index in [9.17, 15) is 10.1 Å². The van der Waals surface area contributed by atoms with Crippen molar-refractivity contribution in [1.82, 2.24) is 15.5 Å². The fourth-order valence-electron chi connectivity index (χ4n) is 5.24. The number of guanidine groups is 1. The van der Waals surface area contributed by atoms with Crippen LogP contribution in [0.2, 0.25) is 0 Å². The Bertz CT molecular complexity index is 1260. The molecule has 38 heavy (non-hydrogen) atoms. The number of methoxy groups -OCH3 is 1. The minimum atomic E-state index is -0.181. The predicted octanol–water partition coefficient (Wildman–Crippen LogP) is 4.86. The van der Waals surface area contributed by atoms with Crippen LogP contribution < -0.4 is 15.4 Å². The largest absolute Gasteiger partial charge is 0.496 e. The van der Waals surface area contributed by atoms with Crippen molar-refractivity contribution in [1.29, 1.82) is 5.26 Å². The second kappa shape index (κ2) is 12.8. The van der Waals surface area contributed by atoms with Gasteiger partial charge in [0.1, 0.15) is 5.75 Å². The zero-order valence-electron chi connectivity index (χ0n) is 22.1. The molecular formula is C31H35N5O2. The molecule has 0 saturated heterocycles. The molecule has 1 saturated carbocycles. The molecule has 0 radical (unpaired) electrons. The van der Waals surface area contributed by atoms with Gasteiger partial charge in [0.2, 0.25) is 12.2 Å². The number of carbonyl (C=O) groups is 1. The average Bonchev–Trinajstić information content (AvgIpc) is 2.97. The molecule has 7 nitrogen and oxygen atoms in total. The Morgan fingerprint density at radius 2 is 1.66 bits per heavy atom. The van der Waals surface area contributed by atoms with Gasteiger partial charge in [0.05, 0.1) is 12.7 Å².